The summed E-state index contributed by atoms with van der Waals surface area (Å²) in [7, 11) is 2.99. The van der Waals surface area contributed by atoms with Gasteiger partial charge in [-0.25, -0.2) is 0 Å². The van der Waals surface area contributed by atoms with E-state index in [1.807, 2.05) is 0 Å². The van der Waals surface area contributed by atoms with E-state index < -0.39 is 11.7 Å². The molecule has 0 aliphatic rings. The number of anilines is 2. The van der Waals surface area contributed by atoms with Gasteiger partial charge in [-0.15, -0.1) is 0 Å². The minimum absolute atomic E-state index is 0.0504. The first kappa shape index (κ1) is 19.1. The van der Waals surface area contributed by atoms with Crippen LogP contribution in [-0.2, 0) is 6.18 Å². The van der Waals surface area contributed by atoms with Gasteiger partial charge < -0.3 is 20.1 Å². The minimum atomic E-state index is -4.47. The summed E-state index contributed by atoms with van der Waals surface area (Å²) < 4.78 is 48.7. The number of thiocarbonyl (C=S) groups is 1. The average molecular weight is 391 g/mol. The molecule has 25 heavy (non-hydrogen) atoms. The molecular weight excluding hydrogens is 377 g/mol. The van der Waals surface area contributed by atoms with Crippen LogP contribution in [0.1, 0.15) is 5.56 Å². The summed E-state index contributed by atoms with van der Waals surface area (Å²) in [5.74, 6) is 1.01. The van der Waals surface area contributed by atoms with Crippen molar-refractivity contribution in [1.82, 2.24) is 0 Å². The summed E-state index contributed by atoms with van der Waals surface area (Å²) in [5.41, 5.74) is -0.207. The molecule has 0 aliphatic heterocycles. The average Bonchev–Trinajstić information content (AvgIpc) is 2.55. The van der Waals surface area contributed by atoms with Gasteiger partial charge in [0.15, 0.2) is 16.6 Å². The Kier molecular flexibility index (Phi) is 5.97. The predicted octanol–water partition coefficient (Wildman–Crippen LogP) is 5.18. The highest BCUT2D eigenvalue weighted by atomic mass is 35.5. The first-order valence-electron chi connectivity index (χ1n) is 6.91. The van der Waals surface area contributed by atoms with Crippen LogP contribution in [0.5, 0.6) is 11.5 Å². The first-order chi connectivity index (χ1) is 11.7. The number of methoxy groups -OCH3 is 2. The van der Waals surface area contributed by atoms with Crippen molar-refractivity contribution in [2.45, 2.75) is 6.18 Å². The molecule has 0 fully saturated rings. The van der Waals surface area contributed by atoms with Gasteiger partial charge in [-0.05, 0) is 42.5 Å². The lowest BCUT2D eigenvalue weighted by molar-refractivity contribution is -0.137. The Morgan fingerprint density at radius 1 is 1.00 bits per heavy atom. The maximum absolute atomic E-state index is 12.8. The van der Waals surface area contributed by atoms with Crippen LogP contribution in [0.4, 0.5) is 24.5 Å². The fourth-order valence-corrected chi connectivity index (χ4v) is 2.39. The maximum Gasteiger partial charge on any atom is 0.416 e. The van der Waals surface area contributed by atoms with E-state index >= 15 is 0 Å². The van der Waals surface area contributed by atoms with Gasteiger partial charge in [-0.2, -0.15) is 13.2 Å². The fourth-order valence-electron chi connectivity index (χ4n) is 2.00. The van der Waals surface area contributed by atoms with Crippen molar-refractivity contribution in [3.05, 3.63) is 47.0 Å². The van der Waals surface area contributed by atoms with E-state index in [1.54, 1.807) is 18.2 Å². The lowest BCUT2D eigenvalue weighted by Gasteiger charge is -2.15. The number of hydrogen-bond donors (Lipinski definition) is 2. The van der Waals surface area contributed by atoms with Crippen molar-refractivity contribution in [1.29, 1.82) is 0 Å². The largest absolute Gasteiger partial charge is 0.493 e. The molecular formula is C16H14ClF3N2O2S. The zero-order chi connectivity index (χ0) is 18.6. The van der Waals surface area contributed by atoms with Gasteiger partial charge in [0.05, 0.1) is 30.5 Å². The van der Waals surface area contributed by atoms with Gasteiger partial charge in [0.1, 0.15) is 0 Å². The Morgan fingerprint density at radius 3 is 2.28 bits per heavy atom. The molecule has 2 aromatic carbocycles. The fraction of sp³-hybridized carbons (Fsp3) is 0.188. The second kappa shape index (κ2) is 7.79. The molecule has 134 valence electrons. The van der Waals surface area contributed by atoms with E-state index in [9.17, 15) is 13.2 Å². The topological polar surface area (TPSA) is 42.5 Å². The van der Waals surface area contributed by atoms with Gasteiger partial charge in [0, 0.05) is 11.8 Å². The van der Waals surface area contributed by atoms with Gasteiger partial charge in [-0.1, -0.05) is 11.6 Å². The SMILES string of the molecule is COc1ccc(NC(=S)Nc2cc(C(F)(F)F)ccc2Cl)cc1OC. The first-order valence-corrected chi connectivity index (χ1v) is 7.70. The van der Waals surface area contributed by atoms with E-state index in [-0.39, 0.29) is 15.8 Å². The third kappa shape index (κ3) is 4.90. The highest BCUT2D eigenvalue weighted by molar-refractivity contribution is 7.80. The van der Waals surface area contributed by atoms with Crippen LogP contribution >= 0.6 is 23.8 Å². The van der Waals surface area contributed by atoms with Crippen LogP contribution in [-0.4, -0.2) is 19.3 Å². The van der Waals surface area contributed by atoms with E-state index in [1.165, 1.54) is 14.2 Å². The zero-order valence-corrected chi connectivity index (χ0v) is 14.8. The molecule has 0 spiro atoms. The monoisotopic (exact) mass is 390 g/mol. The van der Waals surface area contributed by atoms with Gasteiger partial charge in [0.25, 0.3) is 0 Å². The highest BCUT2D eigenvalue weighted by Gasteiger charge is 2.31. The molecule has 9 heteroatoms. The number of ether oxygens (including phenoxy) is 2. The molecule has 0 saturated carbocycles. The number of rotatable bonds is 4. The lowest BCUT2D eigenvalue weighted by Crippen LogP contribution is -2.19. The summed E-state index contributed by atoms with van der Waals surface area (Å²) >= 11 is 11.0. The Bertz CT molecular complexity index is 784. The van der Waals surface area contributed by atoms with Crippen molar-refractivity contribution in [3.8, 4) is 11.5 Å². The standard InChI is InChI=1S/C16H14ClF3N2O2S/c1-23-13-6-4-10(8-14(13)24-2)21-15(25)22-12-7-9(16(18,19)20)3-5-11(12)17/h3-8H,1-2H3,(H2,21,22,25). The van der Waals surface area contributed by atoms with Crippen LogP contribution in [0.25, 0.3) is 0 Å². The van der Waals surface area contributed by atoms with E-state index in [0.29, 0.717) is 17.2 Å². The highest BCUT2D eigenvalue weighted by Crippen LogP contribution is 2.34. The molecule has 0 heterocycles. The van der Waals surface area contributed by atoms with E-state index in [0.717, 1.165) is 18.2 Å². The second-order valence-electron chi connectivity index (χ2n) is 4.84. The smallest absolute Gasteiger partial charge is 0.416 e. The van der Waals surface area contributed by atoms with Crippen molar-refractivity contribution in [2.75, 3.05) is 24.9 Å². The maximum atomic E-state index is 12.8. The summed E-state index contributed by atoms with van der Waals surface area (Å²) in [6, 6.07) is 7.94. The third-order valence-electron chi connectivity index (χ3n) is 3.18. The Hall–Kier alpha value is -2.19. The van der Waals surface area contributed by atoms with Crippen molar-refractivity contribution in [2.24, 2.45) is 0 Å². The zero-order valence-electron chi connectivity index (χ0n) is 13.2. The molecule has 0 atom stereocenters. The van der Waals surface area contributed by atoms with Crippen molar-refractivity contribution in [3.63, 3.8) is 0 Å². The number of nitrogens with one attached hydrogen (secondary N) is 2. The molecule has 2 rings (SSSR count). The van der Waals surface area contributed by atoms with Crippen LogP contribution in [0, 0.1) is 0 Å². The molecule has 0 aliphatic carbocycles. The van der Waals surface area contributed by atoms with Gasteiger partial charge in [0.2, 0.25) is 0 Å². The number of alkyl halides is 3. The summed E-state index contributed by atoms with van der Waals surface area (Å²) in [4.78, 5) is 0. The molecule has 0 bridgehead atoms. The van der Waals surface area contributed by atoms with E-state index in [2.05, 4.69) is 10.6 Å². The summed E-state index contributed by atoms with van der Waals surface area (Å²) in [5, 5.41) is 5.69. The molecule has 2 N–H and O–H groups in total. The van der Waals surface area contributed by atoms with Gasteiger partial charge in [-0.3, -0.25) is 0 Å². The Balaban J connectivity index is 2.15. The number of benzene rings is 2. The van der Waals surface area contributed by atoms with Crippen LogP contribution in [0.3, 0.4) is 0 Å². The molecule has 0 amide bonds. The quantitative estimate of drug-likeness (QED) is 0.704. The normalized spacial score (nSPS) is 11.0. The Labute approximate surface area is 152 Å². The molecule has 0 aromatic heterocycles. The second-order valence-corrected chi connectivity index (χ2v) is 5.66. The molecule has 4 nitrogen and oxygen atoms in total. The lowest BCUT2D eigenvalue weighted by atomic mass is 10.2. The molecule has 2 aromatic rings. The van der Waals surface area contributed by atoms with Crippen LogP contribution in [0.2, 0.25) is 5.02 Å². The summed E-state index contributed by atoms with van der Waals surface area (Å²) in [6.07, 6.45) is -4.47. The molecule has 0 saturated heterocycles. The predicted molar refractivity (Wildman–Crippen MR) is 95.8 cm³/mol. The van der Waals surface area contributed by atoms with Gasteiger partial charge >= 0.3 is 6.18 Å². The van der Waals surface area contributed by atoms with Crippen molar-refractivity contribution >= 4 is 40.3 Å². The molecule has 0 unspecified atom stereocenters. The van der Waals surface area contributed by atoms with E-state index in [4.69, 9.17) is 33.3 Å². The Morgan fingerprint density at radius 2 is 1.68 bits per heavy atom. The number of hydrogen-bond acceptors (Lipinski definition) is 3. The summed E-state index contributed by atoms with van der Waals surface area (Å²) in [6.45, 7) is 0. The van der Waals surface area contributed by atoms with Crippen molar-refractivity contribution < 1.29 is 22.6 Å². The van der Waals surface area contributed by atoms with Crippen LogP contribution < -0.4 is 20.1 Å². The third-order valence-corrected chi connectivity index (χ3v) is 3.72. The van der Waals surface area contributed by atoms with Crippen LogP contribution in [0.15, 0.2) is 36.4 Å². The number of halogens is 4. The minimum Gasteiger partial charge on any atom is -0.493 e. The molecule has 0 radical (unpaired) electrons.